The molecule has 0 saturated heterocycles. The van der Waals surface area contributed by atoms with Gasteiger partial charge in [0.25, 0.3) is 0 Å². The SMILES string of the molecule is Cc1cnn(CC(CN)c2ccc(F)cc2)c1. The predicted octanol–water partition coefficient (Wildman–Crippen LogP) is 2.07. The van der Waals surface area contributed by atoms with Gasteiger partial charge in [0.2, 0.25) is 0 Å². The number of aromatic nitrogens is 2. The van der Waals surface area contributed by atoms with Crippen LogP contribution in [-0.4, -0.2) is 16.3 Å². The number of hydrogen-bond donors (Lipinski definition) is 1. The Bertz CT molecular complexity index is 476. The third-order valence-corrected chi connectivity index (χ3v) is 2.80. The first-order chi connectivity index (χ1) is 8.19. The van der Waals surface area contributed by atoms with Gasteiger partial charge in [0.05, 0.1) is 6.20 Å². The smallest absolute Gasteiger partial charge is 0.123 e. The number of nitrogens with zero attached hydrogens (tertiary/aromatic N) is 2. The molecule has 4 heteroatoms. The Labute approximate surface area is 100 Å². The topological polar surface area (TPSA) is 43.8 Å². The van der Waals surface area contributed by atoms with Crippen molar-refractivity contribution in [1.82, 2.24) is 9.78 Å². The van der Waals surface area contributed by atoms with E-state index in [9.17, 15) is 4.39 Å². The molecule has 90 valence electrons. The Morgan fingerprint density at radius 3 is 2.59 bits per heavy atom. The van der Waals surface area contributed by atoms with Crippen molar-refractivity contribution in [2.24, 2.45) is 5.73 Å². The molecule has 17 heavy (non-hydrogen) atoms. The first kappa shape index (κ1) is 11.8. The highest BCUT2D eigenvalue weighted by atomic mass is 19.1. The highest BCUT2D eigenvalue weighted by Crippen LogP contribution is 2.17. The van der Waals surface area contributed by atoms with E-state index in [1.165, 1.54) is 12.1 Å². The molecule has 2 aromatic rings. The highest BCUT2D eigenvalue weighted by Gasteiger charge is 2.11. The lowest BCUT2D eigenvalue weighted by atomic mass is 9.99. The molecule has 1 atom stereocenters. The quantitative estimate of drug-likeness (QED) is 0.878. The minimum atomic E-state index is -0.223. The summed E-state index contributed by atoms with van der Waals surface area (Å²) >= 11 is 0. The van der Waals surface area contributed by atoms with Crippen LogP contribution in [0.4, 0.5) is 4.39 Å². The van der Waals surface area contributed by atoms with Gasteiger partial charge in [0.15, 0.2) is 0 Å². The second kappa shape index (κ2) is 5.10. The molecule has 0 aliphatic rings. The first-order valence-electron chi connectivity index (χ1n) is 5.63. The molecule has 1 unspecified atom stereocenters. The zero-order valence-corrected chi connectivity index (χ0v) is 9.81. The fourth-order valence-corrected chi connectivity index (χ4v) is 1.84. The van der Waals surface area contributed by atoms with Crippen LogP contribution in [0.1, 0.15) is 17.0 Å². The van der Waals surface area contributed by atoms with Crippen molar-refractivity contribution in [3.63, 3.8) is 0 Å². The lowest BCUT2D eigenvalue weighted by molar-refractivity contribution is 0.520. The van der Waals surface area contributed by atoms with Crippen molar-refractivity contribution in [1.29, 1.82) is 0 Å². The monoisotopic (exact) mass is 233 g/mol. The second-order valence-electron chi connectivity index (χ2n) is 4.22. The molecule has 1 heterocycles. The van der Waals surface area contributed by atoms with Crippen molar-refractivity contribution >= 4 is 0 Å². The van der Waals surface area contributed by atoms with E-state index < -0.39 is 0 Å². The van der Waals surface area contributed by atoms with Crippen LogP contribution in [0, 0.1) is 12.7 Å². The highest BCUT2D eigenvalue weighted by molar-refractivity contribution is 5.20. The molecule has 1 aromatic heterocycles. The molecule has 0 amide bonds. The third-order valence-electron chi connectivity index (χ3n) is 2.80. The van der Waals surface area contributed by atoms with Crippen LogP contribution >= 0.6 is 0 Å². The molecule has 2 rings (SSSR count). The zero-order valence-electron chi connectivity index (χ0n) is 9.81. The third kappa shape index (κ3) is 2.91. The maximum atomic E-state index is 12.8. The number of halogens is 1. The fraction of sp³-hybridized carbons (Fsp3) is 0.308. The molecule has 0 saturated carbocycles. The lowest BCUT2D eigenvalue weighted by Crippen LogP contribution is -2.18. The van der Waals surface area contributed by atoms with Gasteiger partial charge < -0.3 is 5.73 Å². The summed E-state index contributed by atoms with van der Waals surface area (Å²) in [5.41, 5.74) is 7.93. The first-order valence-corrected chi connectivity index (χ1v) is 5.63. The van der Waals surface area contributed by atoms with Gasteiger partial charge in [-0.3, -0.25) is 4.68 Å². The van der Waals surface area contributed by atoms with Crippen molar-refractivity contribution in [2.75, 3.05) is 6.54 Å². The number of rotatable bonds is 4. The molecule has 0 radical (unpaired) electrons. The van der Waals surface area contributed by atoms with Crippen LogP contribution < -0.4 is 5.73 Å². The molecule has 0 spiro atoms. The molecular formula is C13H16FN3. The normalized spacial score (nSPS) is 12.6. The molecule has 2 N–H and O–H groups in total. The summed E-state index contributed by atoms with van der Waals surface area (Å²) in [7, 11) is 0. The van der Waals surface area contributed by atoms with Crippen LogP contribution in [0.15, 0.2) is 36.7 Å². The summed E-state index contributed by atoms with van der Waals surface area (Å²) in [5, 5.41) is 4.23. The van der Waals surface area contributed by atoms with Crippen LogP contribution in [0.3, 0.4) is 0 Å². The van der Waals surface area contributed by atoms with Gasteiger partial charge in [0, 0.05) is 25.2 Å². The van der Waals surface area contributed by atoms with Crippen LogP contribution in [0.2, 0.25) is 0 Å². The average Bonchev–Trinajstić information content (AvgIpc) is 2.73. The van der Waals surface area contributed by atoms with Gasteiger partial charge in [0.1, 0.15) is 5.82 Å². The summed E-state index contributed by atoms with van der Waals surface area (Å²) in [6.45, 7) is 3.24. The van der Waals surface area contributed by atoms with E-state index in [1.807, 2.05) is 24.0 Å². The van der Waals surface area contributed by atoms with Crippen molar-refractivity contribution in [3.8, 4) is 0 Å². The largest absolute Gasteiger partial charge is 0.330 e. The summed E-state index contributed by atoms with van der Waals surface area (Å²) in [6.07, 6.45) is 3.80. The molecule has 0 fully saturated rings. The summed E-state index contributed by atoms with van der Waals surface area (Å²) in [4.78, 5) is 0. The van der Waals surface area contributed by atoms with Gasteiger partial charge in [-0.25, -0.2) is 4.39 Å². The zero-order chi connectivity index (χ0) is 12.3. The summed E-state index contributed by atoms with van der Waals surface area (Å²) in [5.74, 6) is -0.0608. The summed E-state index contributed by atoms with van der Waals surface area (Å²) in [6, 6.07) is 6.49. The Morgan fingerprint density at radius 1 is 1.35 bits per heavy atom. The number of hydrogen-bond acceptors (Lipinski definition) is 2. The van der Waals surface area contributed by atoms with Crippen molar-refractivity contribution < 1.29 is 4.39 Å². The molecule has 3 nitrogen and oxygen atoms in total. The van der Waals surface area contributed by atoms with E-state index in [4.69, 9.17) is 5.73 Å². The molecule has 0 bridgehead atoms. The predicted molar refractivity (Wildman–Crippen MR) is 65.2 cm³/mol. The summed E-state index contributed by atoms with van der Waals surface area (Å²) < 4.78 is 14.7. The van der Waals surface area contributed by atoms with Crippen molar-refractivity contribution in [2.45, 2.75) is 19.4 Å². The Balaban J connectivity index is 2.13. The number of nitrogens with two attached hydrogens (primary N) is 1. The molecule has 0 aliphatic heterocycles. The van der Waals surface area contributed by atoms with E-state index in [-0.39, 0.29) is 11.7 Å². The number of benzene rings is 1. The van der Waals surface area contributed by atoms with Gasteiger partial charge in [-0.2, -0.15) is 5.10 Å². The fourth-order valence-electron chi connectivity index (χ4n) is 1.84. The Kier molecular flexibility index (Phi) is 3.54. The van der Waals surface area contributed by atoms with E-state index in [1.54, 1.807) is 12.1 Å². The van der Waals surface area contributed by atoms with Crippen LogP contribution in [0.25, 0.3) is 0 Å². The average molecular weight is 233 g/mol. The molecule has 0 aliphatic carbocycles. The Hall–Kier alpha value is -1.68. The minimum absolute atomic E-state index is 0.162. The van der Waals surface area contributed by atoms with E-state index in [0.717, 1.165) is 17.7 Å². The molecular weight excluding hydrogens is 217 g/mol. The second-order valence-corrected chi connectivity index (χ2v) is 4.22. The van der Waals surface area contributed by atoms with E-state index in [2.05, 4.69) is 5.10 Å². The van der Waals surface area contributed by atoms with Gasteiger partial charge in [-0.05, 0) is 30.2 Å². The number of aryl methyl sites for hydroxylation is 1. The van der Waals surface area contributed by atoms with Gasteiger partial charge in [-0.15, -0.1) is 0 Å². The standard InChI is InChI=1S/C13H16FN3/c1-10-7-16-17(8-10)9-12(6-15)11-2-4-13(14)5-3-11/h2-5,7-8,12H,6,9,15H2,1H3. The van der Waals surface area contributed by atoms with Gasteiger partial charge in [-0.1, -0.05) is 12.1 Å². The maximum Gasteiger partial charge on any atom is 0.123 e. The van der Waals surface area contributed by atoms with Crippen LogP contribution in [-0.2, 0) is 6.54 Å². The molecule has 1 aromatic carbocycles. The minimum Gasteiger partial charge on any atom is -0.330 e. The lowest BCUT2D eigenvalue weighted by Gasteiger charge is -2.15. The Morgan fingerprint density at radius 2 is 2.06 bits per heavy atom. The van der Waals surface area contributed by atoms with E-state index in [0.29, 0.717) is 6.54 Å². The maximum absolute atomic E-state index is 12.8. The van der Waals surface area contributed by atoms with Crippen LogP contribution in [0.5, 0.6) is 0 Å². The van der Waals surface area contributed by atoms with Crippen molar-refractivity contribution in [3.05, 3.63) is 53.6 Å². The van der Waals surface area contributed by atoms with Gasteiger partial charge >= 0.3 is 0 Å². The van der Waals surface area contributed by atoms with E-state index >= 15 is 0 Å².